The number of hydrogen-bond acceptors (Lipinski definition) is 5. The minimum atomic E-state index is 0.533. The maximum atomic E-state index is 6.10. The zero-order valence-electron chi connectivity index (χ0n) is 11.0. The number of nitrogens with zero attached hydrogens (tertiary/aromatic N) is 1. The van der Waals surface area contributed by atoms with Gasteiger partial charge in [-0.2, -0.15) is 0 Å². The first kappa shape index (κ1) is 13.4. The number of hydrogen-bond donors (Lipinski definition) is 5. The third-order valence-electron chi connectivity index (χ3n) is 3.09. The van der Waals surface area contributed by atoms with Gasteiger partial charge in [0.25, 0.3) is 0 Å². The number of rotatable bonds is 4. The fourth-order valence-corrected chi connectivity index (χ4v) is 2.08. The van der Waals surface area contributed by atoms with E-state index in [9.17, 15) is 0 Å². The molecule has 0 saturated carbocycles. The van der Waals surface area contributed by atoms with Gasteiger partial charge in [-0.05, 0) is 18.2 Å². The van der Waals surface area contributed by atoms with Crippen molar-refractivity contribution in [2.75, 3.05) is 25.6 Å². The van der Waals surface area contributed by atoms with Crippen LogP contribution in [0.15, 0.2) is 40.5 Å². The van der Waals surface area contributed by atoms with E-state index in [0.717, 1.165) is 42.2 Å². The van der Waals surface area contributed by atoms with Crippen LogP contribution in [0.5, 0.6) is 0 Å². The van der Waals surface area contributed by atoms with Crippen molar-refractivity contribution in [1.29, 1.82) is 0 Å². The van der Waals surface area contributed by atoms with Gasteiger partial charge in [0.05, 0.1) is 11.4 Å². The number of amidine groups is 1. The Morgan fingerprint density at radius 3 is 3.00 bits per heavy atom. The predicted molar refractivity (Wildman–Crippen MR) is 79.1 cm³/mol. The lowest BCUT2D eigenvalue weighted by molar-refractivity contribution is 0.659. The van der Waals surface area contributed by atoms with Crippen LogP contribution in [0.3, 0.4) is 0 Å². The number of nitrogens with one attached hydrogen (secondary N) is 3. The van der Waals surface area contributed by atoms with Crippen LogP contribution in [0.4, 0.5) is 11.4 Å². The monoisotopic (exact) mass is 260 g/mol. The zero-order chi connectivity index (χ0) is 13.7. The lowest BCUT2D eigenvalue weighted by Gasteiger charge is -2.20. The first-order valence-electron chi connectivity index (χ1n) is 6.26. The molecule has 0 aromatic heterocycles. The molecule has 2 rings (SSSR count). The molecule has 0 bridgehead atoms. The predicted octanol–water partition coefficient (Wildman–Crippen LogP) is 0.428. The SMILES string of the molecule is CNC1=C(C(N)=Nc2cccc(NN)c2)CNCC1. The standard InChI is InChI=1S/C13H20N6/c1-16-12-5-6-17-8-11(12)13(14)18-9-3-2-4-10(7-9)19-15/h2-4,7,16-17,19H,5-6,8,15H2,1H3,(H2,14,18). The lowest BCUT2D eigenvalue weighted by atomic mass is 10.1. The largest absolute Gasteiger partial charge is 0.391 e. The topological polar surface area (TPSA) is 100 Å². The number of anilines is 1. The highest BCUT2D eigenvalue weighted by atomic mass is 15.2. The molecule has 0 radical (unpaired) electrons. The van der Waals surface area contributed by atoms with E-state index in [-0.39, 0.29) is 0 Å². The fraction of sp³-hybridized carbons (Fsp3) is 0.308. The van der Waals surface area contributed by atoms with Crippen LogP contribution in [0.2, 0.25) is 0 Å². The number of nitrogens with two attached hydrogens (primary N) is 2. The molecule has 0 atom stereocenters. The third kappa shape index (κ3) is 3.24. The van der Waals surface area contributed by atoms with Gasteiger partial charge >= 0.3 is 0 Å². The van der Waals surface area contributed by atoms with Gasteiger partial charge in [-0.3, -0.25) is 5.84 Å². The van der Waals surface area contributed by atoms with Gasteiger partial charge in [0.2, 0.25) is 0 Å². The van der Waals surface area contributed by atoms with Gasteiger partial charge in [-0.15, -0.1) is 0 Å². The number of nitrogen functional groups attached to an aromatic ring is 1. The van der Waals surface area contributed by atoms with Crippen molar-refractivity contribution in [1.82, 2.24) is 10.6 Å². The normalized spacial score (nSPS) is 16.4. The van der Waals surface area contributed by atoms with Crippen molar-refractivity contribution in [3.8, 4) is 0 Å². The van der Waals surface area contributed by atoms with E-state index in [2.05, 4.69) is 21.1 Å². The Labute approximate surface area is 112 Å². The first-order valence-corrected chi connectivity index (χ1v) is 6.26. The van der Waals surface area contributed by atoms with Crippen molar-refractivity contribution in [2.24, 2.45) is 16.6 Å². The summed E-state index contributed by atoms with van der Waals surface area (Å²) >= 11 is 0. The Morgan fingerprint density at radius 1 is 1.42 bits per heavy atom. The van der Waals surface area contributed by atoms with Gasteiger partial charge in [-0.25, -0.2) is 4.99 Å². The Bertz CT molecular complexity index is 506. The molecule has 6 nitrogen and oxygen atoms in total. The molecule has 1 aromatic carbocycles. The second-order valence-electron chi connectivity index (χ2n) is 4.33. The maximum absolute atomic E-state index is 6.10. The molecule has 1 aliphatic rings. The summed E-state index contributed by atoms with van der Waals surface area (Å²) in [7, 11) is 1.91. The zero-order valence-corrected chi connectivity index (χ0v) is 11.0. The van der Waals surface area contributed by atoms with Crippen molar-refractivity contribution >= 4 is 17.2 Å². The highest BCUT2D eigenvalue weighted by molar-refractivity contribution is 5.99. The quantitative estimate of drug-likeness (QED) is 0.234. The summed E-state index contributed by atoms with van der Waals surface area (Å²) in [6.07, 6.45) is 0.937. The number of hydrazine groups is 1. The van der Waals surface area contributed by atoms with Gasteiger partial charge in [0, 0.05) is 37.8 Å². The molecule has 102 valence electrons. The van der Waals surface area contributed by atoms with E-state index < -0.39 is 0 Å². The number of aliphatic imine (C=N–C) groups is 1. The summed E-state index contributed by atoms with van der Waals surface area (Å²) < 4.78 is 0. The van der Waals surface area contributed by atoms with E-state index in [1.54, 1.807) is 0 Å². The van der Waals surface area contributed by atoms with Crippen LogP contribution < -0.4 is 27.6 Å². The van der Waals surface area contributed by atoms with Gasteiger partial charge in [0.1, 0.15) is 5.84 Å². The summed E-state index contributed by atoms with van der Waals surface area (Å²) in [5.74, 6) is 5.91. The van der Waals surface area contributed by atoms with Crippen molar-refractivity contribution in [2.45, 2.75) is 6.42 Å². The molecule has 1 aliphatic heterocycles. The molecule has 0 amide bonds. The molecule has 0 saturated heterocycles. The molecule has 19 heavy (non-hydrogen) atoms. The van der Waals surface area contributed by atoms with E-state index in [0.29, 0.717) is 5.84 Å². The van der Waals surface area contributed by atoms with Crippen LogP contribution in [0, 0.1) is 0 Å². The average Bonchev–Trinajstić information content (AvgIpc) is 2.47. The summed E-state index contributed by atoms with van der Waals surface area (Å²) in [4.78, 5) is 4.45. The smallest absolute Gasteiger partial charge is 0.130 e. The fourth-order valence-electron chi connectivity index (χ4n) is 2.08. The summed E-state index contributed by atoms with van der Waals surface area (Å²) in [6.45, 7) is 1.69. The molecular weight excluding hydrogens is 240 g/mol. The molecule has 1 aromatic rings. The third-order valence-corrected chi connectivity index (χ3v) is 3.09. The highest BCUT2D eigenvalue weighted by Gasteiger charge is 2.14. The second kappa shape index (κ2) is 6.21. The Morgan fingerprint density at radius 2 is 2.26 bits per heavy atom. The van der Waals surface area contributed by atoms with E-state index in [4.69, 9.17) is 11.6 Å². The minimum absolute atomic E-state index is 0.533. The molecule has 0 spiro atoms. The molecular formula is C13H20N6. The minimum Gasteiger partial charge on any atom is -0.391 e. The maximum Gasteiger partial charge on any atom is 0.130 e. The van der Waals surface area contributed by atoms with E-state index in [1.807, 2.05) is 31.3 Å². The summed E-state index contributed by atoms with van der Waals surface area (Å²) in [5.41, 5.74) is 12.4. The van der Waals surface area contributed by atoms with E-state index >= 15 is 0 Å². The van der Waals surface area contributed by atoms with Crippen molar-refractivity contribution < 1.29 is 0 Å². The van der Waals surface area contributed by atoms with Crippen LogP contribution >= 0.6 is 0 Å². The second-order valence-corrected chi connectivity index (χ2v) is 4.33. The van der Waals surface area contributed by atoms with Crippen LogP contribution in [-0.4, -0.2) is 26.0 Å². The number of benzene rings is 1. The van der Waals surface area contributed by atoms with Crippen molar-refractivity contribution in [3.63, 3.8) is 0 Å². The average molecular weight is 260 g/mol. The van der Waals surface area contributed by atoms with Crippen molar-refractivity contribution in [3.05, 3.63) is 35.5 Å². The molecule has 6 heteroatoms. The van der Waals surface area contributed by atoms with E-state index in [1.165, 1.54) is 0 Å². The lowest BCUT2D eigenvalue weighted by Crippen LogP contribution is -2.35. The molecule has 1 heterocycles. The van der Waals surface area contributed by atoms with Gasteiger partial charge in [0.15, 0.2) is 0 Å². The Kier molecular flexibility index (Phi) is 4.38. The van der Waals surface area contributed by atoms with Crippen LogP contribution in [0.25, 0.3) is 0 Å². The molecule has 0 unspecified atom stereocenters. The first-order chi connectivity index (χ1) is 9.24. The van der Waals surface area contributed by atoms with Crippen LogP contribution in [-0.2, 0) is 0 Å². The Balaban J connectivity index is 2.28. The summed E-state index contributed by atoms with van der Waals surface area (Å²) in [6, 6.07) is 7.50. The molecule has 0 aliphatic carbocycles. The van der Waals surface area contributed by atoms with Crippen LogP contribution in [0.1, 0.15) is 6.42 Å². The van der Waals surface area contributed by atoms with Gasteiger partial charge < -0.3 is 21.8 Å². The molecule has 0 fully saturated rings. The molecule has 7 N–H and O–H groups in total. The highest BCUT2D eigenvalue weighted by Crippen LogP contribution is 2.19. The summed E-state index contributed by atoms with van der Waals surface area (Å²) in [5, 5.41) is 6.49. The van der Waals surface area contributed by atoms with Gasteiger partial charge in [-0.1, -0.05) is 6.07 Å². The Hall–Kier alpha value is -2.05.